The number of hydrogen-bond donors (Lipinski definition) is 2. The molecule has 1 heterocycles. The van der Waals surface area contributed by atoms with Gasteiger partial charge in [0.25, 0.3) is 10.0 Å². The predicted octanol–water partition coefficient (Wildman–Crippen LogP) is 1.58. The molecule has 19 heavy (non-hydrogen) atoms. The molecular weight excluding hydrogens is 284 g/mol. The van der Waals surface area contributed by atoms with Gasteiger partial charge in [-0.05, 0) is 31.2 Å². The van der Waals surface area contributed by atoms with E-state index in [-0.39, 0.29) is 22.1 Å². The molecule has 0 aliphatic carbocycles. The van der Waals surface area contributed by atoms with Gasteiger partial charge in [-0.3, -0.25) is 4.79 Å². The molecule has 1 rings (SSSR count). The van der Waals surface area contributed by atoms with Crippen molar-refractivity contribution in [3.8, 4) is 0 Å². The van der Waals surface area contributed by atoms with Crippen LogP contribution in [0.1, 0.15) is 27.7 Å². The standard InChI is InChI=1S/C12H20N2O3S2/c1-8(2)11(12(15)13-9(3)4)14-19(16,17)10-6-5-7-18-10/h5-9,11,14H,1-4H3,(H,13,15). The number of thiophene rings is 1. The smallest absolute Gasteiger partial charge is 0.250 e. The number of amides is 1. The number of carbonyl (C=O) groups is 1. The average molecular weight is 304 g/mol. The third-order valence-electron chi connectivity index (χ3n) is 2.42. The molecule has 0 spiro atoms. The van der Waals surface area contributed by atoms with Gasteiger partial charge in [0.2, 0.25) is 5.91 Å². The van der Waals surface area contributed by atoms with Crippen molar-refractivity contribution in [2.24, 2.45) is 5.92 Å². The summed E-state index contributed by atoms with van der Waals surface area (Å²) in [5, 5.41) is 4.42. The summed E-state index contributed by atoms with van der Waals surface area (Å²) >= 11 is 1.13. The Morgan fingerprint density at radius 1 is 1.26 bits per heavy atom. The highest BCUT2D eigenvalue weighted by Crippen LogP contribution is 2.17. The molecule has 2 N–H and O–H groups in total. The van der Waals surface area contributed by atoms with Crippen molar-refractivity contribution in [2.75, 3.05) is 0 Å². The van der Waals surface area contributed by atoms with Gasteiger partial charge < -0.3 is 5.32 Å². The van der Waals surface area contributed by atoms with Crippen LogP contribution >= 0.6 is 11.3 Å². The molecular formula is C12H20N2O3S2. The molecule has 0 aromatic carbocycles. The maximum Gasteiger partial charge on any atom is 0.250 e. The lowest BCUT2D eigenvalue weighted by atomic mass is 10.0. The fraction of sp³-hybridized carbons (Fsp3) is 0.583. The van der Waals surface area contributed by atoms with Crippen molar-refractivity contribution >= 4 is 27.3 Å². The first-order valence-corrected chi connectivity index (χ1v) is 8.46. The van der Waals surface area contributed by atoms with Crippen molar-refractivity contribution in [1.29, 1.82) is 0 Å². The lowest BCUT2D eigenvalue weighted by Gasteiger charge is -2.22. The zero-order valence-corrected chi connectivity index (χ0v) is 13.1. The molecule has 0 radical (unpaired) electrons. The van der Waals surface area contributed by atoms with E-state index < -0.39 is 16.1 Å². The fourth-order valence-corrected chi connectivity index (χ4v) is 3.86. The van der Waals surface area contributed by atoms with E-state index in [1.807, 2.05) is 27.7 Å². The number of rotatable bonds is 6. The molecule has 0 aliphatic heterocycles. The number of sulfonamides is 1. The Balaban J connectivity index is 2.88. The highest BCUT2D eigenvalue weighted by Gasteiger charge is 2.28. The molecule has 0 saturated heterocycles. The SMILES string of the molecule is CC(C)NC(=O)C(NS(=O)(=O)c1cccs1)C(C)C. The van der Waals surface area contributed by atoms with Crippen LogP contribution in [0, 0.1) is 5.92 Å². The molecule has 0 bridgehead atoms. The highest BCUT2D eigenvalue weighted by molar-refractivity contribution is 7.91. The van der Waals surface area contributed by atoms with Gasteiger partial charge in [0.1, 0.15) is 10.3 Å². The van der Waals surface area contributed by atoms with Crippen LogP contribution in [-0.2, 0) is 14.8 Å². The summed E-state index contributed by atoms with van der Waals surface area (Å²) < 4.78 is 26.9. The summed E-state index contributed by atoms with van der Waals surface area (Å²) in [6, 6.07) is 2.39. The summed E-state index contributed by atoms with van der Waals surface area (Å²) in [7, 11) is -3.63. The van der Waals surface area contributed by atoms with E-state index in [0.717, 1.165) is 11.3 Å². The molecule has 1 aromatic rings. The van der Waals surface area contributed by atoms with Crippen LogP contribution in [0.15, 0.2) is 21.7 Å². The zero-order chi connectivity index (χ0) is 14.6. The predicted molar refractivity (Wildman–Crippen MR) is 76.5 cm³/mol. The molecule has 0 saturated carbocycles. The van der Waals surface area contributed by atoms with Crippen LogP contribution in [0.3, 0.4) is 0 Å². The Morgan fingerprint density at radius 2 is 1.89 bits per heavy atom. The van der Waals surface area contributed by atoms with Gasteiger partial charge in [0.15, 0.2) is 0 Å². The van der Waals surface area contributed by atoms with Gasteiger partial charge in [-0.15, -0.1) is 11.3 Å². The molecule has 108 valence electrons. The number of nitrogens with one attached hydrogen (secondary N) is 2. The second-order valence-electron chi connectivity index (χ2n) is 4.94. The van der Waals surface area contributed by atoms with E-state index >= 15 is 0 Å². The second-order valence-corrected chi connectivity index (χ2v) is 7.83. The second kappa shape index (κ2) is 6.49. The van der Waals surface area contributed by atoms with E-state index in [0.29, 0.717) is 0 Å². The zero-order valence-electron chi connectivity index (χ0n) is 11.5. The summed E-state index contributed by atoms with van der Waals surface area (Å²) in [4.78, 5) is 12.0. The van der Waals surface area contributed by atoms with Crippen LogP contribution < -0.4 is 10.0 Å². The van der Waals surface area contributed by atoms with Crippen LogP contribution in [-0.4, -0.2) is 26.4 Å². The number of carbonyl (C=O) groups excluding carboxylic acids is 1. The topological polar surface area (TPSA) is 75.3 Å². The first-order chi connectivity index (χ1) is 8.74. The first kappa shape index (κ1) is 16.1. The minimum Gasteiger partial charge on any atom is -0.353 e. The molecule has 1 unspecified atom stereocenters. The number of hydrogen-bond acceptors (Lipinski definition) is 4. The van der Waals surface area contributed by atoms with Crippen molar-refractivity contribution in [2.45, 2.75) is 44.0 Å². The Hall–Kier alpha value is -0.920. The van der Waals surface area contributed by atoms with Crippen LogP contribution in [0.4, 0.5) is 0 Å². The van der Waals surface area contributed by atoms with Crippen molar-refractivity contribution in [1.82, 2.24) is 10.0 Å². The summed E-state index contributed by atoms with van der Waals surface area (Å²) in [6.45, 7) is 7.29. The Kier molecular flexibility index (Phi) is 5.51. The molecule has 1 amide bonds. The van der Waals surface area contributed by atoms with Crippen molar-refractivity contribution < 1.29 is 13.2 Å². The molecule has 0 aliphatic rings. The lowest BCUT2D eigenvalue weighted by molar-refractivity contribution is -0.124. The molecule has 5 nitrogen and oxygen atoms in total. The molecule has 1 atom stereocenters. The van der Waals surface area contributed by atoms with Crippen LogP contribution in [0.25, 0.3) is 0 Å². The molecule has 0 fully saturated rings. The average Bonchev–Trinajstić information content (AvgIpc) is 2.78. The Labute approximate surface area is 118 Å². The molecule has 1 aromatic heterocycles. The third-order valence-corrected chi connectivity index (χ3v) is 5.26. The normalized spacial score (nSPS) is 13.8. The summed E-state index contributed by atoms with van der Waals surface area (Å²) in [6.07, 6.45) is 0. The Morgan fingerprint density at radius 3 is 2.32 bits per heavy atom. The lowest BCUT2D eigenvalue weighted by Crippen LogP contribution is -2.50. The van der Waals surface area contributed by atoms with Gasteiger partial charge in [-0.25, -0.2) is 8.42 Å². The maximum absolute atomic E-state index is 12.1. The van der Waals surface area contributed by atoms with Crippen LogP contribution in [0.5, 0.6) is 0 Å². The van der Waals surface area contributed by atoms with Crippen molar-refractivity contribution in [3.63, 3.8) is 0 Å². The fourth-order valence-electron chi connectivity index (χ4n) is 1.51. The summed E-state index contributed by atoms with van der Waals surface area (Å²) in [5.74, 6) is -0.432. The minimum absolute atomic E-state index is 0.0278. The first-order valence-electron chi connectivity index (χ1n) is 6.10. The van der Waals surface area contributed by atoms with Gasteiger partial charge in [0.05, 0.1) is 0 Å². The van der Waals surface area contributed by atoms with E-state index in [2.05, 4.69) is 10.0 Å². The quantitative estimate of drug-likeness (QED) is 0.838. The van der Waals surface area contributed by atoms with E-state index in [1.54, 1.807) is 11.4 Å². The Bertz CT molecular complexity index is 507. The van der Waals surface area contributed by atoms with Gasteiger partial charge in [-0.1, -0.05) is 19.9 Å². The van der Waals surface area contributed by atoms with E-state index in [4.69, 9.17) is 0 Å². The van der Waals surface area contributed by atoms with Crippen LogP contribution in [0.2, 0.25) is 0 Å². The van der Waals surface area contributed by atoms with E-state index in [9.17, 15) is 13.2 Å². The largest absolute Gasteiger partial charge is 0.353 e. The van der Waals surface area contributed by atoms with Gasteiger partial charge >= 0.3 is 0 Å². The van der Waals surface area contributed by atoms with Gasteiger partial charge in [0, 0.05) is 6.04 Å². The minimum atomic E-state index is -3.63. The third kappa shape index (κ3) is 4.59. The van der Waals surface area contributed by atoms with Crippen molar-refractivity contribution in [3.05, 3.63) is 17.5 Å². The summed E-state index contributed by atoms with van der Waals surface area (Å²) in [5.41, 5.74) is 0. The van der Waals surface area contributed by atoms with E-state index in [1.165, 1.54) is 6.07 Å². The van der Waals surface area contributed by atoms with Gasteiger partial charge in [-0.2, -0.15) is 4.72 Å². The maximum atomic E-state index is 12.1. The molecule has 7 heteroatoms. The highest BCUT2D eigenvalue weighted by atomic mass is 32.2. The monoisotopic (exact) mass is 304 g/mol.